The number of esters is 2. The molecule has 0 spiro atoms. The molecule has 30 heavy (non-hydrogen) atoms. The smallest absolute Gasteiger partial charge is 0.416 e. The van der Waals surface area contributed by atoms with Crippen LogP contribution >= 0.6 is 0 Å². The van der Waals surface area contributed by atoms with E-state index in [4.69, 9.17) is 9.47 Å². The first-order valence-electron chi connectivity index (χ1n) is 9.01. The number of rotatable bonds is 6. The Morgan fingerprint density at radius 1 is 1.17 bits per heavy atom. The number of carbonyl (C=O) groups excluding carboxylic acids is 3. The van der Waals surface area contributed by atoms with Gasteiger partial charge in [0.2, 0.25) is 0 Å². The van der Waals surface area contributed by atoms with Crippen molar-refractivity contribution in [3.8, 4) is 0 Å². The molecule has 1 aromatic carbocycles. The maximum absolute atomic E-state index is 12.8. The van der Waals surface area contributed by atoms with E-state index in [0.29, 0.717) is 11.3 Å². The molecular formula is C20H21F3N2O5. The van der Waals surface area contributed by atoms with Gasteiger partial charge in [0.25, 0.3) is 5.91 Å². The molecule has 2 aromatic rings. The van der Waals surface area contributed by atoms with Crippen molar-refractivity contribution >= 4 is 23.5 Å². The highest BCUT2D eigenvalue weighted by Gasteiger charge is 2.31. The highest BCUT2D eigenvalue weighted by Crippen LogP contribution is 2.30. The zero-order chi connectivity index (χ0) is 22.6. The van der Waals surface area contributed by atoms with Crippen LogP contribution in [-0.2, 0) is 20.4 Å². The van der Waals surface area contributed by atoms with Crippen LogP contribution in [0.2, 0.25) is 0 Å². The number of anilines is 1. The standard InChI is InChI=1S/C20H21F3N2O5/c1-5-29-18(27)15-10(2)16(24-11(15)3)19(28)30-12(4)17(26)25-14-8-6-7-13(9-14)20(21,22)23/h6-9,12,24H,5H2,1-4H3,(H,25,26). The number of benzene rings is 1. The van der Waals surface area contributed by atoms with Gasteiger partial charge >= 0.3 is 18.1 Å². The van der Waals surface area contributed by atoms with Gasteiger partial charge in [-0.1, -0.05) is 6.07 Å². The number of amides is 1. The zero-order valence-corrected chi connectivity index (χ0v) is 16.8. The third-order valence-corrected chi connectivity index (χ3v) is 4.23. The van der Waals surface area contributed by atoms with Crippen molar-refractivity contribution in [1.29, 1.82) is 0 Å². The van der Waals surface area contributed by atoms with Crippen LogP contribution in [0.5, 0.6) is 0 Å². The number of ether oxygens (including phenoxy) is 2. The van der Waals surface area contributed by atoms with Gasteiger partial charge in [-0.15, -0.1) is 0 Å². The van der Waals surface area contributed by atoms with Crippen LogP contribution in [0.4, 0.5) is 18.9 Å². The minimum absolute atomic E-state index is 0.0192. The predicted molar refractivity (Wildman–Crippen MR) is 101 cm³/mol. The van der Waals surface area contributed by atoms with E-state index in [9.17, 15) is 27.6 Å². The monoisotopic (exact) mass is 426 g/mol. The Bertz CT molecular complexity index is 966. The number of carbonyl (C=O) groups is 3. The summed E-state index contributed by atoms with van der Waals surface area (Å²) in [6.45, 7) is 6.20. The van der Waals surface area contributed by atoms with Gasteiger partial charge in [0, 0.05) is 11.4 Å². The van der Waals surface area contributed by atoms with E-state index in [1.807, 2.05) is 0 Å². The van der Waals surface area contributed by atoms with Crippen molar-refractivity contribution in [2.45, 2.75) is 40.0 Å². The first kappa shape index (κ1) is 23.0. The van der Waals surface area contributed by atoms with E-state index in [-0.39, 0.29) is 23.6 Å². The molecule has 0 bridgehead atoms. The van der Waals surface area contributed by atoms with Crippen LogP contribution < -0.4 is 5.32 Å². The summed E-state index contributed by atoms with van der Waals surface area (Å²) >= 11 is 0. The van der Waals surface area contributed by atoms with Crippen molar-refractivity contribution < 1.29 is 37.0 Å². The topological polar surface area (TPSA) is 97.5 Å². The summed E-state index contributed by atoms with van der Waals surface area (Å²) < 4.78 is 48.4. The second kappa shape index (κ2) is 9.02. The molecule has 10 heteroatoms. The molecule has 0 fully saturated rings. The number of nitrogens with one attached hydrogen (secondary N) is 2. The van der Waals surface area contributed by atoms with Crippen LogP contribution in [0.15, 0.2) is 24.3 Å². The van der Waals surface area contributed by atoms with E-state index < -0.39 is 35.7 Å². The summed E-state index contributed by atoms with van der Waals surface area (Å²) in [6.07, 6.45) is -5.86. The molecule has 1 amide bonds. The van der Waals surface area contributed by atoms with Crippen molar-refractivity contribution in [2.75, 3.05) is 11.9 Å². The van der Waals surface area contributed by atoms with E-state index in [1.165, 1.54) is 19.9 Å². The minimum atomic E-state index is -4.56. The largest absolute Gasteiger partial charge is 0.462 e. The summed E-state index contributed by atoms with van der Waals surface area (Å²) in [7, 11) is 0. The van der Waals surface area contributed by atoms with Crippen molar-refractivity contribution in [3.05, 3.63) is 52.3 Å². The quantitative estimate of drug-likeness (QED) is 0.681. The van der Waals surface area contributed by atoms with Crippen LogP contribution in [-0.4, -0.2) is 35.5 Å². The van der Waals surface area contributed by atoms with Crippen molar-refractivity contribution in [2.24, 2.45) is 0 Å². The fraction of sp³-hybridized carbons (Fsp3) is 0.350. The third kappa shape index (κ3) is 5.19. The van der Waals surface area contributed by atoms with Gasteiger partial charge < -0.3 is 19.8 Å². The number of hydrogen-bond donors (Lipinski definition) is 2. The van der Waals surface area contributed by atoms with Crippen LogP contribution in [0.1, 0.15) is 51.5 Å². The number of aromatic amines is 1. The second-order valence-electron chi connectivity index (χ2n) is 6.46. The van der Waals surface area contributed by atoms with Gasteiger partial charge in [0.1, 0.15) is 5.69 Å². The summed E-state index contributed by atoms with van der Waals surface area (Å²) in [5, 5.41) is 2.28. The Hall–Kier alpha value is -3.30. The number of alkyl halides is 3. The minimum Gasteiger partial charge on any atom is -0.462 e. The number of halogens is 3. The Labute approximate surface area is 170 Å². The lowest BCUT2D eigenvalue weighted by atomic mass is 10.1. The summed E-state index contributed by atoms with van der Waals surface area (Å²) in [5.41, 5.74) is -0.123. The van der Waals surface area contributed by atoms with Gasteiger partial charge in [0.05, 0.1) is 17.7 Å². The van der Waals surface area contributed by atoms with Crippen molar-refractivity contribution in [3.63, 3.8) is 0 Å². The average molecular weight is 426 g/mol. The molecule has 1 atom stereocenters. The first-order valence-corrected chi connectivity index (χ1v) is 9.01. The number of hydrogen-bond acceptors (Lipinski definition) is 5. The molecule has 0 saturated carbocycles. The van der Waals surface area contributed by atoms with Gasteiger partial charge in [-0.05, 0) is 51.5 Å². The summed E-state index contributed by atoms with van der Waals surface area (Å²) in [5.74, 6) is -2.30. The molecule has 0 aliphatic carbocycles. The molecule has 7 nitrogen and oxygen atoms in total. The van der Waals surface area contributed by atoms with Crippen molar-refractivity contribution in [1.82, 2.24) is 4.98 Å². The van der Waals surface area contributed by atoms with Gasteiger partial charge in [0.15, 0.2) is 6.10 Å². The number of H-pyrrole nitrogens is 1. The second-order valence-corrected chi connectivity index (χ2v) is 6.46. The Morgan fingerprint density at radius 3 is 2.43 bits per heavy atom. The lowest BCUT2D eigenvalue weighted by Crippen LogP contribution is -2.30. The molecule has 1 aromatic heterocycles. The maximum atomic E-state index is 12.8. The molecule has 0 aliphatic rings. The van der Waals surface area contributed by atoms with Crippen LogP contribution in [0, 0.1) is 13.8 Å². The van der Waals surface area contributed by atoms with E-state index in [2.05, 4.69) is 10.3 Å². The normalized spacial score (nSPS) is 12.2. The van der Waals surface area contributed by atoms with Gasteiger partial charge in [-0.2, -0.15) is 13.2 Å². The highest BCUT2D eigenvalue weighted by molar-refractivity contribution is 6.00. The Morgan fingerprint density at radius 2 is 1.83 bits per heavy atom. The van der Waals surface area contributed by atoms with Crippen LogP contribution in [0.3, 0.4) is 0 Å². The molecule has 1 heterocycles. The lowest BCUT2D eigenvalue weighted by molar-refractivity contribution is -0.137. The molecule has 0 radical (unpaired) electrons. The number of aromatic nitrogens is 1. The fourth-order valence-electron chi connectivity index (χ4n) is 2.75. The molecule has 0 aliphatic heterocycles. The van der Waals surface area contributed by atoms with Crippen LogP contribution in [0.25, 0.3) is 0 Å². The fourth-order valence-corrected chi connectivity index (χ4v) is 2.75. The molecular weight excluding hydrogens is 405 g/mol. The lowest BCUT2D eigenvalue weighted by Gasteiger charge is -2.14. The summed E-state index contributed by atoms with van der Waals surface area (Å²) in [6, 6.07) is 4.08. The van der Waals surface area contributed by atoms with E-state index in [1.54, 1.807) is 13.8 Å². The zero-order valence-electron chi connectivity index (χ0n) is 16.8. The van der Waals surface area contributed by atoms with E-state index >= 15 is 0 Å². The predicted octanol–water partition coefficient (Wildman–Crippen LogP) is 4.01. The Balaban J connectivity index is 2.10. The Kier molecular flexibility index (Phi) is 6.91. The van der Waals surface area contributed by atoms with E-state index in [0.717, 1.165) is 18.2 Å². The average Bonchev–Trinajstić information content (AvgIpc) is 2.95. The number of aryl methyl sites for hydroxylation is 1. The summed E-state index contributed by atoms with van der Waals surface area (Å²) in [4.78, 5) is 39.4. The first-order chi connectivity index (χ1) is 14.0. The molecule has 2 rings (SSSR count). The highest BCUT2D eigenvalue weighted by atomic mass is 19.4. The molecule has 1 unspecified atom stereocenters. The van der Waals surface area contributed by atoms with Gasteiger partial charge in [-0.3, -0.25) is 4.79 Å². The molecule has 2 N–H and O–H groups in total. The third-order valence-electron chi connectivity index (χ3n) is 4.23. The molecule has 0 saturated heterocycles. The van der Waals surface area contributed by atoms with Gasteiger partial charge in [-0.25, -0.2) is 9.59 Å². The maximum Gasteiger partial charge on any atom is 0.416 e. The molecule has 162 valence electrons. The SMILES string of the molecule is CCOC(=O)c1c(C)[nH]c(C(=O)OC(C)C(=O)Nc2cccc(C(F)(F)F)c2)c1C.